The van der Waals surface area contributed by atoms with E-state index in [1.807, 2.05) is 15.6 Å². The van der Waals surface area contributed by atoms with Gasteiger partial charge in [0.1, 0.15) is 0 Å². The quantitative estimate of drug-likeness (QED) is 0.654. The highest BCUT2D eigenvalue weighted by Crippen LogP contribution is 2.26. The molecule has 0 unspecified atom stereocenters. The second kappa shape index (κ2) is 7.97. The maximum absolute atomic E-state index is 12.3. The second-order valence-electron chi connectivity index (χ2n) is 7.49. The first kappa shape index (κ1) is 18.4. The molecule has 2 heterocycles. The molecule has 4 rings (SSSR count). The fourth-order valence-electron chi connectivity index (χ4n) is 3.74. The van der Waals surface area contributed by atoms with Crippen LogP contribution in [0.1, 0.15) is 48.6 Å². The average molecular weight is 374 g/mol. The molecule has 0 bridgehead atoms. The van der Waals surface area contributed by atoms with Crippen molar-refractivity contribution in [2.75, 3.05) is 6.54 Å². The molecule has 2 aromatic carbocycles. The maximum atomic E-state index is 12.3. The highest BCUT2D eigenvalue weighted by Gasteiger charge is 2.30. The van der Waals surface area contributed by atoms with E-state index in [0.29, 0.717) is 6.42 Å². The highest BCUT2D eigenvalue weighted by atomic mass is 16.2. The average Bonchev–Trinajstić information content (AvgIpc) is 3.34. The van der Waals surface area contributed by atoms with E-state index in [4.69, 9.17) is 10.1 Å². The molecule has 1 amide bonds. The Kier molecular flexibility index (Phi) is 5.24. The van der Waals surface area contributed by atoms with Gasteiger partial charge >= 0.3 is 0 Å². The van der Waals surface area contributed by atoms with E-state index < -0.39 is 0 Å². The summed E-state index contributed by atoms with van der Waals surface area (Å²) in [5.74, 6) is 1.86. The number of benzene rings is 2. The molecular weight excluding hydrogens is 348 g/mol. The van der Waals surface area contributed by atoms with Gasteiger partial charge in [-0.25, -0.2) is 9.67 Å². The van der Waals surface area contributed by atoms with E-state index in [1.165, 1.54) is 11.1 Å². The van der Waals surface area contributed by atoms with E-state index in [1.54, 1.807) is 0 Å². The Morgan fingerprint density at radius 3 is 2.46 bits per heavy atom. The van der Waals surface area contributed by atoms with Crippen molar-refractivity contribution < 1.29 is 4.79 Å². The van der Waals surface area contributed by atoms with Crippen LogP contribution < -0.4 is 0 Å². The largest absolute Gasteiger partial charge is 0.333 e. The lowest BCUT2D eigenvalue weighted by Gasteiger charge is -2.23. The third kappa shape index (κ3) is 3.84. The monoisotopic (exact) mass is 374 g/mol. The van der Waals surface area contributed by atoms with Crippen LogP contribution in [0.5, 0.6) is 0 Å². The van der Waals surface area contributed by atoms with Gasteiger partial charge in [0.2, 0.25) is 5.91 Å². The van der Waals surface area contributed by atoms with Gasteiger partial charge in [0.25, 0.3) is 0 Å². The predicted octanol–water partition coefficient (Wildman–Crippen LogP) is 4.04. The number of aromatic nitrogens is 3. The molecule has 1 aliphatic rings. The Balaban J connectivity index is 1.65. The van der Waals surface area contributed by atoms with Crippen LogP contribution in [0.15, 0.2) is 54.6 Å². The Hall–Kier alpha value is -2.95. The summed E-state index contributed by atoms with van der Waals surface area (Å²) in [6.45, 7) is 4.92. The smallest absolute Gasteiger partial charge is 0.223 e. The molecule has 0 saturated carbocycles. The molecule has 1 saturated heterocycles. The molecule has 0 aliphatic carbocycles. The summed E-state index contributed by atoms with van der Waals surface area (Å²) >= 11 is 0. The minimum Gasteiger partial charge on any atom is -0.333 e. The van der Waals surface area contributed by atoms with E-state index >= 15 is 0 Å². The van der Waals surface area contributed by atoms with Gasteiger partial charge in [-0.3, -0.25) is 4.79 Å². The first-order chi connectivity index (χ1) is 13.6. The standard InChI is InChI=1S/C23H26N4O/c1-17-10-13-20(14-11-17)27-23(18(2)26-16-6-9-22(26)28)24-21(25-27)15-12-19-7-4-3-5-8-19/h3-5,7-8,10-11,13-14,18H,6,9,12,15-16H2,1-2H3/t18-/m1/s1. The number of carbonyl (C=O) groups excluding carboxylic acids is 1. The second-order valence-corrected chi connectivity index (χ2v) is 7.49. The molecule has 1 atom stereocenters. The lowest BCUT2D eigenvalue weighted by Crippen LogP contribution is -2.29. The van der Waals surface area contributed by atoms with Crippen molar-refractivity contribution >= 4 is 5.91 Å². The van der Waals surface area contributed by atoms with Crippen LogP contribution >= 0.6 is 0 Å². The molecule has 1 aromatic heterocycles. The number of aryl methyl sites for hydroxylation is 3. The summed E-state index contributed by atoms with van der Waals surface area (Å²) in [4.78, 5) is 19.1. The van der Waals surface area contributed by atoms with Crippen LogP contribution in [-0.4, -0.2) is 32.1 Å². The molecule has 5 heteroatoms. The number of rotatable bonds is 6. The normalized spacial score (nSPS) is 15.2. The number of amides is 1. The van der Waals surface area contributed by atoms with Gasteiger partial charge in [-0.1, -0.05) is 48.0 Å². The number of hydrogen-bond donors (Lipinski definition) is 0. The fourth-order valence-corrected chi connectivity index (χ4v) is 3.74. The van der Waals surface area contributed by atoms with Gasteiger partial charge in [0, 0.05) is 19.4 Å². The molecule has 0 N–H and O–H groups in total. The summed E-state index contributed by atoms with van der Waals surface area (Å²) in [7, 11) is 0. The van der Waals surface area contributed by atoms with Crippen molar-refractivity contribution in [3.05, 3.63) is 77.4 Å². The van der Waals surface area contributed by atoms with Crippen LogP contribution in [0.25, 0.3) is 5.69 Å². The van der Waals surface area contributed by atoms with E-state index in [-0.39, 0.29) is 11.9 Å². The first-order valence-corrected chi connectivity index (χ1v) is 9.98. The first-order valence-electron chi connectivity index (χ1n) is 9.98. The molecule has 5 nitrogen and oxygen atoms in total. The molecular formula is C23H26N4O. The van der Waals surface area contributed by atoms with Gasteiger partial charge in [-0.15, -0.1) is 0 Å². The molecule has 1 fully saturated rings. The molecule has 1 aliphatic heterocycles. The number of hydrogen-bond acceptors (Lipinski definition) is 3. The fraction of sp³-hybridized carbons (Fsp3) is 0.348. The Morgan fingerprint density at radius 1 is 1.04 bits per heavy atom. The maximum Gasteiger partial charge on any atom is 0.223 e. The van der Waals surface area contributed by atoms with Crippen LogP contribution in [-0.2, 0) is 17.6 Å². The molecule has 0 radical (unpaired) electrons. The van der Waals surface area contributed by atoms with Crippen LogP contribution in [0, 0.1) is 6.92 Å². The minimum atomic E-state index is -0.0886. The molecule has 144 valence electrons. The third-order valence-electron chi connectivity index (χ3n) is 5.39. The zero-order valence-corrected chi connectivity index (χ0v) is 16.5. The van der Waals surface area contributed by atoms with Gasteiger partial charge in [0.15, 0.2) is 11.6 Å². The van der Waals surface area contributed by atoms with Crippen LogP contribution in [0.3, 0.4) is 0 Å². The molecule has 28 heavy (non-hydrogen) atoms. The Labute approximate surface area is 166 Å². The van der Waals surface area contributed by atoms with Crippen molar-refractivity contribution in [3.8, 4) is 5.69 Å². The van der Waals surface area contributed by atoms with Crippen molar-refractivity contribution in [1.29, 1.82) is 0 Å². The Morgan fingerprint density at radius 2 is 1.79 bits per heavy atom. The van der Waals surface area contributed by atoms with Crippen molar-refractivity contribution in [2.24, 2.45) is 0 Å². The van der Waals surface area contributed by atoms with Crippen LogP contribution in [0.4, 0.5) is 0 Å². The van der Waals surface area contributed by atoms with Crippen molar-refractivity contribution in [3.63, 3.8) is 0 Å². The lowest BCUT2D eigenvalue weighted by molar-refractivity contribution is -0.129. The minimum absolute atomic E-state index is 0.0886. The summed E-state index contributed by atoms with van der Waals surface area (Å²) < 4.78 is 1.91. The SMILES string of the molecule is Cc1ccc(-n2nc(CCc3ccccc3)nc2[C@@H](C)N2CCCC2=O)cc1. The van der Waals surface area contributed by atoms with E-state index in [2.05, 4.69) is 62.4 Å². The summed E-state index contributed by atoms with van der Waals surface area (Å²) in [6.07, 6.45) is 3.22. The van der Waals surface area contributed by atoms with Crippen molar-refractivity contribution in [2.45, 2.75) is 45.6 Å². The number of nitrogens with zero attached hydrogens (tertiary/aromatic N) is 4. The number of carbonyl (C=O) groups is 1. The van der Waals surface area contributed by atoms with Gasteiger partial charge in [0.05, 0.1) is 11.7 Å². The summed E-state index contributed by atoms with van der Waals surface area (Å²) in [5, 5.41) is 4.81. The zero-order valence-electron chi connectivity index (χ0n) is 16.5. The predicted molar refractivity (Wildman–Crippen MR) is 109 cm³/mol. The summed E-state index contributed by atoms with van der Waals surface area (Å²) in [6, 6.07) is 18.6. The van der Waals surface area contributed by atoms with E-state index in [0.717, 1.165) is 43.1 Å². The summed E-state index contributed by atoms with van der Waals surface area (Å²) in [5.41, 5.74) is 3.47. The lowest BCUT2D eigenvalue weighted by atomic mass is 10.1. The molecule has 0 spiro atoms. The van der Waals surface area contributed by atoms with Gasteiger partial charge in [-0.2, -0.15) is 5.10 Å². The Bertz CT molecular complexity index is 946. The van der Waals surface area contributed by atoms with Crippen LogP contribution in [0.2, 0.25) is 0 Å². The molecule has 3 aromatic rings. The third-order valence-corrected chi connectivity index (χ3v) is 5.39. The van der Waals surface area contributed by atoms with Crippen molar-refractivity contribution in [1.82, 2.24) is 19.7 Å². The van der Waals surface area contributed by atoms with Gasteiger partial charge < -0.3 is 4.90 Å². The zero-order chi connectivity index (χ0) is 19.5. The number of likely N-dealkylation sites (tertiary alicyclic amines) is 1. The highest BCUT2D eigenvalue weighted by molar-refractivity contribution is 5.78. The van der Waals surface area contributed by atoms with Gasteiger partial charge in [-0.05, 0) is 44.4 Å². The van der Waals surface area contributed by atoms with E-state index in [9.17, 15) is 4.79 Å². The topological polar surface area (TPSA) is 51.0 Å².